The fourth-order valence-electron chi connectivity index (χ4n) is 5.75. The lowest BCUT2D eigenvalue weighted by molar-refractivity contribution is 0.0362. The van der Waals surface area contributed by atoms with E-state index in [0.717, 1.165) is 30.5 Å². The van der Waals surface area contributed by atoms with Gasteiger partial charge in [-0.1, -0.05) is 23.2 Å². The summed E-state index contributed by atoms with van der Waals surface area (Å²) in [6, 6.07) is 9.33. The van der Waals surface area contributed by atoms with Crippen LogP contribution in [0.15, 0.2) is 41.3 Å². The maximum atomic E-state index is 13.0. The van der Waals surface area contributed by atoms with Crippen molar-refractivity contribution < 1.29 is 32.2 Å². The number of carbonyl (C=O) groups excluding carboxylic acids is 1. The zero-order valence-corrected chi connectivity index (χ0v) is 29.2. The molecule has 0 aromatic heterocycles. The fraction of sp³-hybridized carbons (Fsp3) is 0.594. The molecule has 0 bridgehead atoms. The standard InChI is InChI=1S/C32H46Cl2N4O7S/c1-21(20-43-15-14-42-13-11-35)37-46(40,41)25-9-7-24(8-10-25)44-30-27-16-22(33)17-28(34)26(27)18-29(30)38-12-5-6-23(19-38)36-31(39)45-32(2,3)4/h7-10,16-17,21,23,29-30,37H,5-6,11-15,18-20,35H2,1-4H3,(H,36,39)/t21-,23+,29-,30-/m0/s1. The molecule has 0 saturated carbocycles. The Kier molecular flexibility index (Phi) is 13.0. The van der Waals surface area contributed by atoms with Crippen molar-refractivity contribution in [3.05, 3.63) is 57.6 Å². The number of benzene rings is 2. The van der Waals surface area contributed by atoms with E-state index in [1.54, 1.807) is 25.1 Å². The van der Waals surface area contributed by atoms with Gasteiger partial charge in [-0.15, -0.1) is 0 Å². The molecule has 2 aliphatic rings. The summed E-state index contributed by atoms with van der Waals surface area (Å²) in [4.78, 5) is 14.9. The topological polar surface area (TPSA) is 141 Å². The molecule has 4 rings (SSSR count). The second kappa shape index (κ2) is 16.3. The van der Waals surface area contributed by atoms with Crippen LogP contribution < -0.4 is 20.5 Å². The van der Waals surface area contributed by atoms with Crippen molar-refractivity contribution in [1.82, 2.24) is 14.9 Å². The minimum absolute atomic E-state index is 0.0821. The average Bonchev–Trinajstić information content (AvgIpc) is 3.32. The monoisotopic (exact) mass is 700 g/mol. The second-order valence-corrected chi connectivity index (χ2v) is 15.3. The van der Waals surface area contributed by atoms with E-state index in [1.165, 1.54) is 12.1 Å². The van der Waals surface area contributed by atoms with Crippen LogP contribution in [0.3, 0.4) is 0 Å². The number of carbonyl (C=O) groups is 1. The van der Waals surface area contributed by atoms with Gasteiger partial charge in [0.1, 0.15) is 17.5 Å². The van der Waals surface area contributed by atoms with E-state index in [1.807, 2.05) is 26.8 Å². The SMILES string of the molecule is C[C@@H](COCCOCCN)NS(=O)(=O)c1ccc(O[C@H]2c3cc(Cl)cc(Cl)c3C[C@@H]2N2CCC[C@@H](NC(=O)OC(C)(C)C)C2)cc1. The number of sulfonamides is 1. The highest BCUT2D eigenvalue weighted by Crippen LogP contribution is 2.43. The maximum Gasteiger partial charge on any atom is 0.407 e. The van der Waals surface area contributed by atoms with Gasteiger partial charge in [-0.05, 0) is 95.5 Å². The Morgan fingerprint density at radius 1 is 1.11 bits per heavy atom. The number of amides is 1. The summed E-state index contributed by atoms with van der Waals surface area (Å²) in [5.74, 6) is 0.507. The summed E-state index contributed by atoms with van der Waals surface area (Å²) in [7, 11) is -3.79. The minimum atomic E-state index is -3.79. The van der Waals surface area contributed by atoms with Gasteiger partial charge in [-0.2, -0.15) is 0 Å². The first-order valence-electron chi connectivity index (χ1n) is 15.6. The molecule has 4 atom stereocenters. The average molecular weight is 702 g/mol. The molecule has 1 aliphatic carbocycles. The number of likely N-dealkylation sites (tertiary alicyclic amines) is 1. The van der Waals surface area contributed by atoms with E-state index >= 15 is 0 Å². The van der Waals surface area contributed by atoms with Gasteiger partial charge in [0, 0.05) is 40.8 Å². The first kappa shape index (κ1) is 36.7. The van der Waals surface area contributed by atoms with Gasteiger partial charge in [-0.3, -0.25) is 4.90 Å². The van der Waals surface area contributed by atoms with Crippen molar-refractivity contribution in [3.8, 4) is 5.75 Å². The van der Waals surface area contributed by atoms with Crippen LogP contribution in [0.2, 0.25) is 10.0 Å². The van der Waals surface area contributed by atoms with Crippen molar-refractivity contribution in [2.45, 2.75) is 81.7 Å². The molecule has 11 nitrogen and oxygen atoms in total. The van der Waals surface area contributed by atoms with Crippen LogP contribution in [-0.4, -0.2) is 89.2 Å². The van der Waals surface area contributed by atoms with E-state index in [9.17, 15) is 13.2 Å². The Morgan fingerprint density at radius 2 is 1.83 bits per heavy atom. The van der Waals surface area contributed by atoms with Crippen molar-refractivity contribution in [2.75, 3.05) is 46.1 Å². The van der Waals surface area contributed by atoms with Crippen LogP contribution in [0.1, 0.15) is 57.8 Å². The summed E-state index contributed by atoms with van der Waals surface area (Å²) < 4.78 is 51.5. The zero-order valence-electron chi connectivity index (χ0n) is 26.9. The third-order valence-corrected chi connectivity index (χ3v) is 9.82. The molecular formula is C32H46Cl2N4O7S. The molecule has 1 fully saturated rings. The van der Waals surface area contributed by atoms with Crippen LogP contribution in [0.5, 0.6) is 5.75 Å². The highest BCUT2D eigenvalue weighted by atomic mass is 35.5. The molecule has 1 aliphatic heterocycles. The summed E-state index contributed by atoms with van der Waals surface area (Å²) in [5, 5.41) is 4.10. The van der Waals surface area contributed by atoms with Crippen LogP contribution in [0.4, 0.5) is 4.79 Å². The van der Waals surface area contributed by atoms with Gasteiger partial charge in [0.15, 0.2) is 0 Å². The van der Waals surface area contributed by atoms with E-state index in [0.29, 0.717) is 55.1 Å². The summed E-state index contributed by atoms with van der Waals surface area (Å²) in [5.41, 5.74) is 6.66. The van der Waals surface area contributed by atoms with Gasteiger partial charge < -0.3 is 30.0 Å². The molecular weight excluding hydrogens is 655 g/mol. The molecule has 0 unspecified atom stereocenters. The number of nitrogens with one attached hydrogen (secondary N) is 2. The van der Waals surface area contributed by atoms with Crippen molar-refractivity contribution >= 4 is 39.3 Å². The lowest BCUT2D eigenvalue weighted by Gasteiger charge is -2.39. The number of rotatable bonds is 14. The van der Waals surface area contributed by atoms with Crippen molar-refractivity contribution in [3.63, 3.8) is 0 Å². The number of fused-ring (bicyclic) bond motifs is 1. The van der Waals surface area contributed by atoms with Crippen molar-refractivity contribution in [2.24, 2.45) is 5.73 Å². The molecule has 1 heterocycles. The number of halogens is 2. The van der Waals surface area contributed by atoms with E-state index < -0.39 is 33.9 Å². The predicted molar refractivity (Wildman–Crippen MR) is 178 cm³/mol. The van der Waals surface area contributed by atoms with Crippen molar-refractivity contribution in [1.29, 1.82) is 0 Å². The molecule has 1 saturated heterocycles. The van der Waals surface area contributed by atoms with Crippen LogP contribution in [0, 0.1) is 0 Å². The Morgan fingerprint density at radius 3 is 2.52 bits per heavy atom. The molecule has 1 amide bonds. The molecule has 0 spiro atoms. The second-order valence-electron chi connectivity index (χ2n) is 12.7. The summed E-state index contributed by atoms with van der Waals surface area (Å²) in [6.45, 7) is 10.5. The fourth-order valence-corrected chi connectivity index (χ4v) is 7.57. The van der Waals surface area contributed by atoms with Crippen LogP contribution >= 0.6 is 23.2 Å². The lowest BCUT2D eigenvalue weighted by atomic mass is 10.0. The molecule has 46 heavy (non-hydrogen) atoms. The summed E-state index contributed by atoms with van der Waals surface area (Å²) >= 11 is 13.1. The van der Waals surface area contributed by atoms with Crippen LogP contribution in [0.25, 0.3) is 0 Å². The van der Waals surface area contributed by atoms with Gasteiger partial charge in [0.2, 0.25) is 10.0 Å². The Balaban J connectivity index is 1.44. The van der Waals surface area contributed by atoms with Gasteiger partial charge >= 0.3 is 6.09 Å². The zero-order chi connectivity index (χ0) is 33.5. The lowest BCUT2D eigenvalue weighted by Crippen LogP contribution is -2.53. The van der Waals surface area contributed by atoms with Gasteiger partial charge in [0.05, 0.1) is 37.4 Å². The highest BCUT2D eigenvalue weighted by molar-refractivity contribution is 7.89. The number of ether oxygens (including phenoxy) is 4. The Labute approximate surface area is 282 Å². The molecule has 0 radical (unpaired) electrons. The molecule has 14 heteroatoms. The smallest absolute Gasteiger partial charge is 0.407 e. The van der Waals surface area contributed by atoms with E-state index in [-0.39, 0.29) is 23.6 Å². The largest absolute Gasteiger partial charge is 0.484 e. The number of nitrogens with two attached hydrogens (primary N) is 1. The highest BCUT2D eigenvalue weighted by Gasteiger charge is 2.41. The number of nitrogens with zero attached hydrogens (tertiary/aromatic N) is 1. The molecule has 256 valence electrons. The first-order chi connectivity index (χ1) is 21.8. The third kappa shape index (κ3) is 10.4. The predicted octanol–water partition coefficient (Wildman–Crippen LogP) is 4.69. The van der Waals surface area contributed by atoms with Gasteiger partial charge in [0.25, 0.3) is 0 Å². The number of hydrogen-bond acceptors (Lipinski definition) is 9. The molecule has 2 aromatic carbocycles. The normalized spacial score (nSPS) is 21.1. The molecule has 2 aromatic rings. The quantitative estimate of drug-likeness (QED) is 0.240. The number of alkyl carbamates (subject to hydrolysis) is 1. The van der Waals surface area contributed by atoms with E-state index in [2.05, 4.69) is 14.9 Å². The molecule has 4 N–H and O–H groups in total. The maximum absolute atomic E-state index is 13.0. The first-order valence-corrected chi connectivity index (χ1v) is 17.9. The number of hydrogen-bond donors (Lipinski definition) is 3. The Bertz CT molecular complexity index is 1420. The minimum Gasteiger partial charge on any atom is -0.484 e. The summed E-state index contributed by atoms with van der Waals surface area (Å²) in [6.07, 6.45) is 1.52. The number of piperidine rings is 1. The Hall–Kier alpha value is -2.16. The third-order valence-electron chi connectivity index (χ3n) is 7.66. The van der Waals surface area contributed by atoms with Crippen LogP contribution in [-0.2, 0) is 30.7 Å². The van der Waals surface area contributed by atoms with E-state index in [4.69, 9.17) is 47.9 Å². The van der Waals surface area contributed by atoms with Gasteiger partial charge in [-0.25, -0.2) is 17.9 Å².